The van der Waals surface area contributed by atoms with Crippen molar-refractivity contribution in [3.05, 3.63) is 0 Å². The predicted octanol–water partition coefficient (Wildman–Crippen LogP) is -1.18. The van der Waals surface area contributed by atoms with Crippen LogP contribution in [0.25, 0.3) is 0 Å². The van der Waals surface area contributed by atoms with Gasteiger partial charge in [-0.05, 0) is 0 Å². The minimum Gasteiger partial charge on any atom is -0.400 e. The van der Waals surface area contributed by atoms with Crippen molar-refractivity contribution in [2.75, 3.05) is 21.3 Å². The van der Waals surface area contributed by atoms with Crippen molar-refractivity contribution in [2.24, 2.45) is 0 Å². The third-order valence-corrected chi connectivity index (χ3v) is 0. The van der Waals surface area contributed by atoms with Crippen LogP contribution in [0.5, 0.6) is 0 Å². The molecule has 4 heteroatoms. The second kappa shape index (κ2) is 777. The van der Waals surface area contributed by atoms with Gasteiger partial charge in [0.05, 0.1) is 0 Å². The fraction of sp³-hybridized carbons (Fsp3) is 1.00. The van der Waals surface area contributed by atoms with Crippen molar-refractivity contribution < 1.29 is 34.8 Å². The summed E-state index contributed by atoms with van der Waals surface area (Å²) in [6.07, 6.45) is 0. The van der Waals surface area contributed by atoms with E-state index in [4.69, 9.17) is 15.3 Å². The zero-order valence-corrected chi connectivity index (χ0v) is 6.31. The normalized spacial score (nSPS) is 2.57. The molecule has 0 aromatic heterocycles. The van der Waals surface area contributed by atoms with Crippen LogP contribution >= 0.6 is 0 Å². The molecule has 0 heterocycles. The predicted molar refractivity (Wildman–Crippen MR) is 24.4 cm³/mol. The standard InChI is InChI=1S/3CH4O.Rh/c3*1-2;/h3*2H,1H3;/q;;;+2. The van der Waals surface area contributed by atoms with Crippen LogP contribution in [0, 0.1) is 0 Å². The van der Waals surface area contributed by atoms with Crippen LogP contribution in [-0.4, -0.2) is 36.6 Å². The number of aliphatic hydroxyl groups excluding tert-OH is 3. The van der Waals surface area contributed by atoms with Crippen molar-refractivity contribution in [1.82, 2.24) is 0 Å². The van der Waals surface area contributed by atoms with Gasteiger partial charge < -0.3 is 15.3 Å². The second-order valence-corrected chi connectivity index (χ2v) is 0. The first-order chi connectivity index (χ1) is 3.00. The van der Waals surface area contributed by atoms with E-state index in [1.165, 1.54) is 0 Å². The molecule has 7 heavy (non-hydrogen) atoms. The first-order valence-corrected chi connectivity index (χ1v) is 1.34. The molecule has 1 radical (unpaired) electrons. The Kier molecular flexibility index (Phi) is 2870. The Morgan fingerprint density at radius 1 is 0.571 bits per heavy atom. The molecule has 0 fully saturated rings. The minimum absolute atomic E-state index is 0. The maximum atomic E-state index is 7.00. The summed E-state index contributed by atoms with van der Waals surface area (Å²) < 4.78 is 0. The summed E-state index contributed by atoms with van der Waals surface area (Å²) in [7, 11) is 3.00. The minimum atomic E-state index is 0. The zero-order valence-electron chi connectivity index (χ0n) is 4.67. The third-order valence-electron chi connectivity index (χ3n) is 0. The molecule has 0 aliphatic heterocycles. The van der Waals surface area contributed by atoms with Crippen LogP contribution in [-0.2, 0) is 19.5 Å². The summed E-state index contributed by atoms with van der Waals surface area (Å²) in [6, 6.07) is 0. The van der Waals surface area contributed by atoms with Crippen molar-refractivity contribution in [1.29, 1.82) is 0 Å². The SMILES string of the molecule is CO.CO.CO.[Rh+2]. The monoisotopic (exact) mass is 199 g/mol. The summed E-state index contributed by atoms with van der Waals surface area (Å²) >= 11 is 0. The van der Waals surface area contributed by atoms with E-state index >= 15 is 0 Å². The Labute approximate surface area is 56.7 Å². The molecular formula is C3H12O3Rh+2. The smallest absolute Gasteiger partial charge is 0.400 e. The van der Waals surface area contributed by atoms with E-state index in [1.54, 1.807) is 0 Å². The van der Waals surface area contributed by atoms with Crippen molar-refractivity contribution in [2.45, 2.75) is 0 Å². The second-order valence-electron chi connectivity index (χ2n) is 0. The summed E-state index contributed by atoms with van der Waals surface area (Å²) in [5.74, 6) is 0. The number of aliphatic hydroxyl groups is 3. The maximum Gasteiger partial charge on any atom is 2.00 e. The quantitative estimate of drug-likeness (QED) is 0.430. The Hall–Kier alpha value is 0.503. The van der Waals surface area contributed by atoms with Gasteiger partial charge in [0.2, 0.25) is 0 Å². The van der Waals surface area contributed by atoms with Gasteiger partial charge in [-0.1, -0.05) is 0 Å². The fourth-order valence-electron chi connectivity index (χ4n) is 0. The van der Waals surface area contributed by atoms with Crippen LogP contribution in [0.2, 0.25) is 0 Å². The average molecular weight is 199 g/mol. The van der Waals surface area contributed by atoms with Crippen LogP contribution in [0.4, 0.5) is 0 Å². The van der Waals surface area contributed by atoms with Gasteiger partial charge in [-0.15, -0.1) is 0 Å². The van der Waals surface area contributed by atoms with Gasteiger partial charge in [-0.25, -0.2) is 0 Å². The first-order valence-electron chi connectivity index (χ1n) is 1.34. The Bertz CT molecular complexity index is 10.1. The molecule has 0 aromatic carbocycles. The van der Waals surface area contributed by atoms with Gasteiger partial charge in [0.1, 0.15) is 0 Å². The number of rotatable bonds is 0. The molecule has 0 aliphatic carbocycles. The Morgan fingerprint density at radius 3 is 0.571 bits per heavy atom. The number of hydrogen-bond acceptors (Lipinski definition) is 3. The van der Waals surface area contributed by atoms with Crippen LogP contribution in [0.3, 0.4) is 0 Å². The maximum absolute atomic E-state index is 7.00. The number of hydrogen-bond donors (Lipinski definition) is 3. The topological polar surface area (TPSA) is 60.7 Å². The van der Waals surface area contributed by atoms with E-state index in [1.807, 2.05) is 0 Å². The molecule has 3 nitrogen and oxygen atoms in total. The van der Waals surface area contributed by atoms with Crippen molar-refractivity contribution in [3.8, 4) is 0 Å². The molecule has 0 amide bonds. The van der Waals surface area contributed by atoms with Gasteiger partial charge in [0.25, 0.3) is 0 Å². The van der Waals surface area contributed by atoms with E-state index in [9.17, 15) is 0 Å². The average Bonchev–Trinajstić information content (AvgIpc) is 1.81. The molecule has 0 rings (SSSR count). The summed E-state index contributed by atoms with van der Waals surface area (Å²) in [5.41, 5.74) is 0. The van der Waals surface area contributed by atoms with Gasteiger partial charge in [0, 0.05) is 21.3 Å². The summed E-state index contributed by atoms with van der Waals surface area (Å²) in [4.78, 5) is 0. The van der Waals surface area contributed by atoms with E-state index in [0.29, 0.717) is 0 Å². The molecule has 0 atom stereocenters. The molecule has 49 valence electrons. The van der Waals surface area contributed by atoms with Crippen molar-refractivity contribution >= 4 is 0 Å². The van der Waals surface area contributed by atoms with Crippen LogP contribution < -0.4 is 0 Å². The van der Waals surface area contributed by atoms with E-state index in [0.717, 1.165) is 21.3 Å². The van der Waals surface area contributed by atoms with E-state index in [-0.39, 0.29) is 19.5 Å². The van der Waals surface area contributed by atoms with Gasteiger partial charge in [-0.3, -0.25) is 0 Å². The summed E-state index contributed by atoms with van der Waals surface area (Å²) in [5, 5.41) is 21.0. The zero-order chi connectivity index (χ0) is 6.00. The molecule has 3 N–H and O–H groups in total. The summed E-state index contributed by atoms with van der Waals surface area (Å²) in [6.45, 7) is 0. The first kappa shape index (κ1) is 25.9. The van der Waals surface area contributed by atoms with Gasteiger partial charge in [-0.2, -0.15) is 0 Å². The Balaban J connectivity index is -0.00000000900. The molecule has 0 unspecified atom stereocenters. The van der Waals surface area contributed by atoms with Crippen LogP contribution in [0.15, 0.2) is 0 Å². The largest absolute Gasteiger partial charge is 2.00 e. The van der Waals surface area contributed by atoms with Gasteiger partial charge >= 0.3 is 19.5 Å². The van der Waals surface area contributed by atoms with E-state index in [2.05, 4.69) is 0 Å². The van der Waals surface area contributed by atoms with Crippen LogP contribution in [0.1, 0.15) is 0 Å². The molecule has 0 spiro atoms. The Morgan fingerprint density at radius 2 is 0.571 bits per heavy atom. The molecule has 0 bridgehead atoms. The molecule has 0 aromatic rings. The van der Waals surface area contributed by atoms with Gasteiger partial charge in [0.15, 0.2) is 0 Å². The van der Waals surface area contributed by atoms with Crippen molar-refractivity contribution in [3.63, 3.8) is 0 Å². The molecular weight excluding hydrogens is 187 g/mol. The van der Waals surface area contributed by atoms with E-state index < -0.39 is 0 Å². The molecule has 0 saturated carbocycles. The fourth-order valence-corrected chi connectivity index (χ4v) is 0. The molecule has 0 saturated heterocycles. The third kappa shape index (κ3) is 521. The molecule has 0 aliphatic rings.